The lowest BCUT2D eigenvalue weighted by Crippen LogP contribution is -3.15. The number of nitrogens with one attached hydrogen (secondary N) is 2. The van der Waals surface area contributed by atoms with E-state index in [1.165, 1.54) is 0 Å². The van der Waals surface area contributed by atoms with Crippen LogP contribution in [0.1, 0.15) is 6.92 Å². The smallest absolute Gasteiger partial charge is 0.280 e. The fraction of sp³-hybridized carbons (Fsp3) is 0.467. The van der Waals surface area contributed by atoms with Crippen LogP contribution in [0, 0.1) is 0 Å². The van der Waals surface area contributed by atoms with E-state index in [4.69, 9.17) is 0 Å². The van der Waals surface area contributed by atoms with Crippen LogP contribution in [0.5, 0.6) is 0 Å². The van der Waals surface area contributed by atoms with Gasteiger partial charge in [-0.1, -0.05) is 12.1 Å². The molecule has 0 aromatic heterocycles. The minimum atomic E-state index is -0.249. The molecule has 0 heterocycles. The zero-order chi connectivity index (χ0) is 16.0. The van der Waals surface area contributed by atoms with E-state index in [-0.39, 0.29) is 24.4 Å². The monoisotopic (exact) mass is 310 g/mol. The minimum Gasteiger partial charge on any atom is -0.344 e. The highest BCUT2D eigenvalue weighted by molar-refractivity contribution is 7.98. The quantitative estimate of drug-likeness (QED) is 0.745. The van der Waals surface area contributed by atoms with Gasteiger partial charge in [-0.05, 0) is 25.3 Å². The molecule has 0 saturated heterocycles. The Kier molecular flexibility index (Phi) is 6.71. The number of benzene rings is 1. The Labute approximate surface area is 130 Å². The predicted octanol–water partition coefficient (Wildman–Crippen LogP) is 0.338. The van der Waals surface area contributed by atoms with Crippen LogP contribution in [0.2, 0.25) is 0 Å². The van der Waals surface area contributed by atoms with Crippen molar-refractivity contribution in [1.82, 2.24) is 4.90 Å². The fourth-order valence-electron chi connectivity index (χ4n) is 1.95. The van der Waals surface area contributed by atoms with Crippen LogP contribution >= 0.6 is 11.8 Å². The summed E-state index contributed by atoms with van der Waals surface area (Å²) >= 11 is 1.59. The zero-order valence-electron chi connectivity index (χ0n) is 13.3. The lowest BCUT2D eigenvalue weighted by atomic mass is 10.2. The van der Waals surface area contributed by atoms with Crippen molar-refractivity contribution < 1.29 is 14.5 Å². The maximum absolute atomic E-state index is 12.1. The molecule has 2 amide bonds. The number of hydrogen-bond acceptors (Lipinski definition) is 3. The first-order valence-corrected chi connectivity index (χ1v) is 8.05. The van der Waals surface area contributed by atoms with E-state index in [1.54, 1.807) is 30.8 Å². The molecule has 2 N–H and O–H groups in total. The first-order valence-electron chi connectivity index (χ1n) is 6.83. The third-order valence-electron chi connectivity index (χ3n) is 3.37. The van der Waals surface area contributed by atoms with E-state index in [2.05, 4.69) is 5.32 Å². The number of thioether (sulfide) groups is 1. The van der Waals surface area contributed by atoms with Crippen molar-refractivity contribution in [3.63, 3.8) is 0 Å². The van der Waals surface area contributed by atoms with Gasteiger partial charge in [0.05, 0.1) is 12.7 Å². The van der Waals surface area contributed by atoms with Gasteiger partial charge in [0.2, 0.25) is 0 Å². The third kappa shape index (κ3) is 5.06. The molecule has 2 atom stereocenters. The number of likely N-dealkylation sites (N-methyl/N-ethyl adjacent to an activating group) is 2. The molecule has 0 bridgehead atoms. The second kappa shape index (κ2) is 8.05. The summed E-state index contributed by atoms with van der Waals surface area (Å²) in [6.07, 6.45) is 1.97. The van der Waals surface area contributed by atoms with Gasteiger partial charge in [0.15, 0.2) is 12.6 Å². The number of nitrogens with zero attached hydrogens (tertiary/aromatic N) is 1. The van der Waals surface area contributed by atoms with E-state index in [0.717, 1.165) is 15.5 Å². The predicted molar refractivity (Wildman–Crippen MR) is 86.8 cm³/mol. The van der Waals surface area contributed by atoms with Crippen molar-refractivity contribution in [3.8, 4) is 0 Å². The average molecular weight is 310 g/mol. The summed E-state index contributed by atoms with van der Waals surface area (Å²) in [4.78, 5) is 27.5. The van der Waals surface area contributed by atoms with E-state index in [1.807, 2.05) is 44.5 Å². The number of carbonyl (C=O) groups is 2. The van der Waals surface area contributed by atoms with Crippen LogP contribution in [0.4, 0.5) is 5.69 Å². The van der Waals surface area contributed by atoms with E-state index < -0.39 is 0 Å². The molecule has 0 aliphatic carbocycles. The van der Waals surface area contributed by atoms with Crippen molar-refractivity contribution >= 4 is 29.3 Å². The summed E-state index contributed by atoms with van der Waals surface area (Å²) in [5.74, 6) is -0.0720. The maximum atomic E-state index is 12.1. The lowest BCUT2D eigenvalue weighted by Gasteiger charge is -2.23. The first kappa shape index (κ1) is 17.5. The van der Waals surface area contributed by atoms with Gasteiger partial charge < -0.3 is 15.1 Å². The molecule has 1 aromatic rings. The Balaban J connectivity index is 2.63. The SMILES string of the molecule is CSc1ccccc1NC(=O)C[NH+](C)[C@@H](C)C(=O)N(C)C. The van der Waals surface area contributed by atoms with Gasteiger partial charge in [-0.25, -0.2) is 0 Å². The normalized spacial score (nSPS) is 13.4. The van der Waals surface area contributed by atoms with Crippen molar-refractivity contribution in [1.29, 1.82) is 0 Å². The number of quaternary nitrogens is 1. The number of hydrogen-bond donors (Lipinski definition) is 2. The van der Waals surface area contributed by atoms with E-state index in [0.29, 0.717) is 0 Å². The molecule has 5 nitrogen and oxygen atoms in total. The zero-order valence-corrected chi connectivity index (χ0v) is 14.1. The molecule has 1 unspecified atom stereocenters. The molecule has 21 heavy (non-hydrogen) atoms. The van der Waals surface area contributed by atoms with Crippen LogP contribution in [0.25, 0.3) is 0 Å². The number of para-hydroxylation sites is 1. The van der Waals surface area contributed by atoms with Crippen LogP contribution < -0.4 is 10.2 Å². The van der Waals surface area contributed by atoms with Crippen molar-refractivity contribution in [3.05, 3.63) is 24.3 Å². The Morgan fingerprint density at radius 1 is 1.33 bits per heavy atom. The Morgan fingerprint density at radius 2 is 1.95 bits per heavy atom. The molecule has 116 valence electrons. The molecule has 0 aliphatic rings. The molecule has 0 aliphatic heterocycles. The molecule has 6 heteroatoms. The molecular weight excluding hydrogens is 286 g/mol. The summed E-state index contributed by atoms with van der Waals surface area (Å²) < 4.78 is 0. The fourth-order valence-corrected chi connectivity index (χ4v) is 2.50. The largest absolute Gasteiger partial charge is 0.344 e. The van der Waals surface area contributed by atoms with Gasteiger partial charge in [0.25, 0.3) is 11.8 Å². The summed E-state index contributed by atoms with van der Waals surface area (Å²) in [6.45, 7) is 2.09. The van der Waals surface area contributed by atoms with Gasteiger partial charge in [0.1, 0.15) is 0 Å². The standard InChI is InChI=1S/C15H23N3O2S/c1-11(15(20)17(2)3)18(4)10-14(19)16-12-8-6-7-9-13(12)21-5/h6-9,11H,10H2,1-5H3,(H,16,19)/p+1/t11-/m0/s1. The Morgan fingerprint density at radius 3 is 2.52 bits per heavy atom. The summed E-state index contributed by atoms with van der Waals surface area (Å²) in [5.41, 5.74) is 0.814. The molecular formula is C15H24N3O2S+. The van der Waals surface area contributed by atoms with Crippen LogP contribution in [-0.2, 0) is 9.59 Å². The second-order valence-electron chi connectivity index (χ2n) is 5.23. The van der Waals surface area contributed by atoms with E-state index in [9.17, 15) is 9.59 Å². The second-order valence-corrected chi connectivity index (χ2v) is 6.07. The summed E-state index contributed by atoms with van der Waals surface area (Å²) in [7, 11) is 5.30. The summed E-state index contributed by atoms with van der Waals surface area (Å²) in [6, 6.07) is 7.44. The molecule has 1 rings (SSSR count). The van der Waals surface area contributed by atoms with Gasteiger partial charge >= 0.3 is 0 Å². The van der Waals surface area contributed by atoms with Crippen LogP contribution in [0.3, 0.4) is 0 Å². The molecule has 1 aromatic carbocycles. The van der Waals surface area contributed by atoms with Crippen LogP contribution in [-0.4, -0.2) is 56.7 Å². The van der Waals surface area contributed by atoms with Crippen molar-refractivity contribution in [2.24, 2.45) is 0 Å². The van der Waals surface area contributed by atoms with Gasteiger partial charge in [-0.2, -0.15) is 0 Å². The van der Waals surface area contributed by atoms with Crippen molar-refractivity contribution in [2.45, 2.75) is 17.9 Å². The topological polar surface area (TPSA) is 53.9 Å². The van der Waals surface area contributed by atoms with Gasteiger partial charge in [-0.3, -0.25) is 9.59 Å². The van der Waals surface area contributed by atoms with Gasteiger partial charge in [-0.15, -0.1) is 11.8 Å². The highest BCUT2D eigenvalue weighted by atomic mass is 32.2. The molecule has 0 radical (unpaired) electrons. The minimum absolute atomic E-state index is 0.0183. The molecule has 0 fully saturated rings. The van der Waals surface area contributed by atoms with Crippen molar-refractivity contribution in [2.75, 3.05) is 39.3 Å². The molecule has 0 spiro atoms. The van der Waals surface area contributed by atoms with E-state index >= 15 is 0 Å². The maximum Gasteiger partial charge on any atom is 0.280 e. The first-order chi connectivity index (χ1) is 9.86. The summed E-state index contributed by atoms with van der Waals surface area (Å²) in [5, 5.41) is 2.91. The Bertz CT molecular complexity index is 505. The third-order valence-corrected chi connectivity index (χ3v) is 4.17. The average Bonchev–Trinajstić information content (AvgIpc) is 2.45. The highest BCUT2D eigenvalue weighted by Crippen LogP contribution is 2.24. The lowest BCUT2D eigenvalue weighted by molar-refractivity contribution is -0.886. The number of carbonyl (C=O) groups excluding carboxylic acids is 2. The van der Waals surface area contributed by atoms with Crippen LogP contribution in [0.15, 0.2) is 29.2 Å². The number of rotatable bonds is 6. The highest BCUT2D eigenvalue weighted by Gasteiger charge is 2.25. The molecule has 0 saturated carbocycles. The number of anilines is 1. The Hall–Kier alpha value is -1.53. The number of amides is 2. The van der Waals surface area contributed by atoms with Gasteiger partial charge in [0, 0.05) is 19.0 Å².